The predicted octanol–water partition coefficient (Wildman–Crippen LogP) is 1.49. The van der Waals surface area contributed by atoms with E-state index >= 15 is 0 Å². The SMILES string of the molecule is [Eu+3].[c-]1ccccc1. The molecule has 0 aliphatic rings. The molecule has 0 saturated carbocycles. The number of rotatable bonds is 0. The van der Waals surface area contributed by atoms with Crippen LogP contribution in [0.1, 0.15) is 0 Å². The van der Waals surface area contributed by atoms with Gasteiger partial charge in [0.15, 0.2) is 0 Å². The molecule has 0 fully saturated rings. The topological polar surface area (TPSA) is 0 Å². The fraction of sp³-hybridized carbons (Fsp3) is 0. The van der Waals surface area contributed by atoms with E-state index in [1.54, 1.807) is 0 Å². The predicted molar refractivity (Wildman–Crippen MR) is 25.3 cm³/mol. The van der Waals surface area contributed by atoms with Crippen LogP contribution in [0, 0.1) is 55.4 Å². The maximum atomic E-state index is 2.89. The molecule has 0 saturated heterocycles. The van der Waals surface area contributed by atoms with Gasteiger partial charge in [-0.1, -0.05) is 0 Å². The van der Waals surface area contributed by atoms with Crippen LogP contribution in [0.3, 0.4) is 0 Å². The van der Waals surface area contributed by atoms with Crippen LogP contribution < -0.4 is 0 Å². The van der Waals surface area contributed by atoms with Crippen molar-refractivity contribution in [2.45, 2.75) is 0 Å². The van der Waals surface area contributed by atoms with Crippen molar-refractivity contribution in [3.8, 4) is 0 Å². The summed E-state index contributed by atoms with van der Waals surface area (Å²) in [6, 6.07) is 12.5. The fourth-order valence-electron chi connectivity index (χ4n) is 0.342. The van der Waals surface area contributed by atoms with E-state index in [-0.39, 0.29) is 49.4 Å². The summed E-state index contributed by atoms with van der Waals surface area (Å²) >= 11 is 0. The first-order valence-corrected chi connectivity index (χ1v) is 1.91. The number of benzene rings is 1. The van der Waals surface area contributed by atoms with Crippen LogP contribution in [0.4, 0.5) is 0 Å². The number of hydrogen-bond donors (Lipinski definition) is 0. The first kappa shape index (κ1) is 7.80. The molecular formula is C6H5Eu+2. The van der Waals surface area contributed by atoms with Gasteiger partial charge in [0.2, 0.25) is 0 Å². The maximum absolute atomic E-state index is 2.89. The van der Waals surface area contributed by atoms with Gasteiger partial charge < -0.3 is 0 Å². The maximum Gasteiger partial charge on any atom is 3.00 e. The molecule has 0 nitrogen and oxygen atoms in total. The Balaban J connectivity index is 0.000000360. The molecule has 7 heavy (non-hydrogen) atoms. The smallest absolute Gasteiger partial charge is 0.184 e. The van der Waals surface area contributed by atoms with E-state index in [2.05, 4.69) is 6.07 Å². The van der Waals surface area contributed by atoms with Crippen molar-refractivity contribution < 1.29 is 49.4 Å². The molecule has 34 valence electrons. The molecule has 0 aromatic heterocycles. The fourth-order valence-corrected chi connectivity index (χ4v) is 0.342. The van der Waals surface area contributed by atoms with Gasteiger partial charge in [0.05, 0.1) is 0 Å². The van der Waals surface area contributed by atoms with Gasteiger partial charge in [-0.25, -0.2) is 0 Å². The van der Waals surface area contributed by atoms with Crippen LogP contribution >= 0.6 is 0 Å². The summed E-state index contributed by atoms with van der Waals surface area (Å²) in [5, 5.41) is 0. The summed E-state index contributed by atoms with van der Waals surface area (Å²) in [6.07, 6.45) is 0. The van der Waals surface area contributed by atoms with Crippen LogP contribution in [0.5, 0.6) is 0 Å². The van der Waals surface area contributed by atoms with Crippen molar-refractivity contribution in [1.29, 1.82) is 0 Å². The molecule has 0 heterocycles. The summed E-state index contributed by atoms with van der Waals surface area (Å²) in [5.41, 5.74) is 0. The Morgan fingerprint density at radius 3 is 1.57 bits per heavy atom. The average molecular weight is 229 g/mol. The Morgan fingerprint density at radius 1 is 0.857 bits per heavy atom. The van der Waals surface area contributed by atoms with Crippen molar-refractivity contribution in [3.63, 3.8) is 0 Å². The molecule has 1 aromatic rings. The van der Waals surface area contributed by atoms with Gasteiger partial charge in [0, 0.05) is 0 Å². The van der Waals surface area contributed by atoms with Gasteiger partial charge in [0.1, 0.15) is 0 Å². The zero-order valence-electron chi connectivity index (χ0n) is 3.76. The first-order chi connectivity index (χ1) is 3.00. The number of hydrogen-bond acceptors (Lipinski definition) is 0. The minimum absolute atomic E-state index is 0. The second kappa shape index (κ2) is 4.95. The van der Waals surface area contributed by atoms with E-state index in [9.17, 15) is 0 Å². The Kier molecular flexibility index (Phi) is 5.52. The van der Waals surface area contributed by atoms with Crippen molar-refractivity contribution in [2.75, 3.05) is 0 Å². The molecule has 0 bridgehead atoms. The molecule has 1 heteroatoms. The van der Waals surface area contributed by atoms with Crippen LogP contribution in [0.25, 0.3) is 0 Å². The molecule has 0 atom stereocenters. The first-order valence-electron chi connectivity index (χ1n) is 1.91. The molecule has 1 aromatic carbocycles. The van der Waals surface area contributed by atoms with E-state index in [1.165, 1.54) is 0 Å². The molecule has 0 spiro atoms. The van der Waals surface area contributed by atoms with Crippen molar-refractivity contribution >= 4 is 0 Å². The second-order valence-corrected chi connectivity index (χ2v) is 1.08. The zero-order chi connectivity index (χ0) is 4.24. The molecule has 0 aliphatic heterocycles. The van der Waals surface area contributed by atoms with Gasteiger partial charge in [0.25, 0.3) is 0 Å². The summed E-state index contributed by atoms with van der Waals surface area (Å²) in [7, 11) is 0. The van der Waals surface area contributed by atoms with Crippen LogP contribution in [0.15, 0.2) is 30.3 Å². The molecule has 0 amide bonds. The third-order valence-corrected chi connectivity index (χ3v) is 0.607. The summed E-state index contributed by atoms with van der Waals surface area (Å²) < 4.78 is 0. The van der Waals surface area contributed by atoms with Gasteiger partial charge in [-0.15, -0.1) is 0 Å². The second-order valence-electron chi connectivity index (χ2n) is 1.08. The summed E-state index contributed by atoms with van der Waals surface area (Å²) in [4.78, 5) is 0. The molecule has 0 aliphatic carbocycles. The Bertz CT molecular complexity index is 76.1. The monoisotopic (exact) mass is 230 g/mol. The van der Waals surface area contributed by atoms with Gasteiger partial charge >= 0.3 is 49.4 Å². The van der Waals surface area contributed by atoms with Gasteiger partial charge in [-0.05, 0) is 0 Å². The third-order valence-electron chi connectivity index (χ3n) is 0.607. The standard InChI is InChI=1S/C6H5.Eu/c1-2-4-6-5-3-1;/h1-5H;/q-1;+3. The summed E-state index contributed by atoms with van der Waals surface area (Å²) in [6.45, 7) is 0. The van der Waals surface area contributed by atoms with Crippen molar-refractivity contribution in [3.05, 3.63) is 36.4 Å². The van der Waals surface area contributed by atoms with Crippen LogP contribution in [-0.2, 0) is 0 Å². The van der Waals surface area contributed by atoms with Crippen LogP contribution in [0.2, 0.25) is 0 Å². The van der Waals surface area contributed by atoms with E-state index in [0.717, 1.165) is 0 Å². The molecule has 0 radical (unpaired) electrons. The zero-order valence-corrected chi connectivity index (χ0v) is 6.19. The summed E-state index contributed by atoms with van der Waals surface area (Å²) in [5.74, 6) is 0. The molecule has 0 N–H and O–H groups in total. The van der Waals surface area contributed by atoms with Gasteiger partial charge in [-0.2, -0.15) is 36.4 Å². The molecule has 1 rings (SSSR count). The Labute approximate surface area is 84.5 Å². The third kappa shape index (κ3) is 3.39. The van der Waals surface area contributed by atoms with E-state index in [4.69, 9.17) is 0 Å². The van der Waals surface area contributed by atoms with Crippen LogP contribution in [-0.4, -0.2) is 0 Å². The Morgan fingerprint density at radius 2 is 1.43 bits per heavy atom. The minimum atomic E-state index is 0. The van der Waals surface area contributed by atoms with E-state index < -0.39 is 0 Å². The van der Waals surface area contributed by atoms with Crippen molar-refractivity contribution in [1.82, 2.24) is 0 Å². The molecule has 0 unspecified atom stereocenters. The van der Waals surface area contributed by atoms with Gasteiger partial charge in [-0.3, -0.25) is 0 Å². The van der Waals surface area contributed by atoms with E-state index in [0.29, 0.717) is 0 Å². The largest absolute Gasteiger partial charge is 3.00 e. The average Bonchev–Trinajstić information content (AvgIpc) is 1.72. The normalized spacial score (nSPS) is 6.86. The molecular weight excluding hydrogens is 224 g/mol. The quantitative estimate of drug-likeness (QED) is 0.591. The van der Waals surface area contributed by atoms with Crippen molar-refractivity contribution in [2.24, 2.45) is 0 Å². The minimum Gasteiger partial charge on any atom is -0.184 e. The van der Waals surface area contributed by atoms with E-state index in [1.807, 2.05) is 30.3 Å². The Hall–Kier alpha value is 0.804.